The molecule has 126 valence electrons. The van der Waals surface area contributed by atoms with Crippen LogP contribution in [0, 0.1) is 5.92 Å². The summed E-state index contributed by atoms with van der Waals surface area (Å²) in [5.74, 6) is 1.15. The van der Waals surface area contributed by atoms with Crippen LogP contribution in [0.15, 0.2) is 34.2 Å². The normalized spacial score (nSPS) is 24.2. The van der Waals surface area contributed by atoms with Crippen LogP contribution in [0.3, 0.4) is 0 Å². The summed E-state index contributed by atoms with van der Waals surface area (Å²) in [5, 5.41) is 6.08. The fourth-order valence-electron chi connectivity index (χ4n) is 3.27. The van der Waals surface area contributed by atoms with E-state index in [2.05, 4.69) is 22.3 Å². The molecule has 0 spiro atoms. The molecule has 1 amide bonds. The fraction of sp³-hybridized carbons (Fsp3) is 0.471. The van der Waals surface area contributed by atoms with E-state index in [4.69, 9.17) is 9.26 Å². The first-order valence-corrected chi connectivity index (χ1v) is 9.10. The van der Waals surface area contributed by atoms with Gasteiger partial charge in [-0.2, -0.15) is 4.98 Å². The van der Waals surface area contributed by atoms with Gasteiger partial charge in [-0.3, -0.25) is 4.79 Å². The summed E-state index contributed by atoms with van der Waals surface area (Å²) in [6.45, 7) is 2.55. The summed E-state index contributed by atoms with van der Waals surface area (Å²) < 4.78 is 10.9. The van der Waals surface area contributed by atoms with E-state index in [1.165, 1.54) is 0 Å². The molecule has 2 unspecified atom stereocenters. The highest BCUT2D eigenvalue weighted by atomic mass is 32.1. The summed E-state index contributed by atoms with van der Waals surface area (Å²) in [6.07, 6.45) is 5.66. The summed E-state index contributed by atoms with van der Waals surface area (Å²) in [5.41, 5.74) is 0. The van der Waals surface area contributed by atoms with E-state index in [-0.39, 0.29) is 17.7 Å². The van der Waals surface area contributed by atoms with Gasteiger partial charge < -0.3 is 14.2 Å². The van der Waals surface area contributed by atoms with Crippen molar-refractivity contribution in [3.8, 4) is 10.7 Å². The molecule has 0 N–H and O–H groups in total. The van der Waals surface area contributed by atoms with E-state index < -0.39 is 0 Å². The quantitative estimate of drug-likeness (QED) is 0.800. The molecule has 2 atom stereocenters. The van der Waals surface area contributed by atoms with E-state index in [0.717, 1.165) is 17.7 Å². The van der Waals surface area contributed by atoms with Crippen molar-refractivity contribution in [1.82, 2.24) is 15.0 Å². The molecule has 0 saturated carbocycles. The van der Waals surface area contributed by atoms with Crippen LogP contribution in [0.25, 0.3) is 10.7 Å². The summed E-state index contributed by atoms with van der Waals surface area (Å²) >= 11 is 1.58. The van der Waals surface area contributed by atoms with Gasteiger partial charge in [0.2, 0.25) is 17.6 Å². The summed E-state index contributed by atoms with van der Waals surface area (Å²) in [7, 11) is 0. The van der Waals surface area contributed by atoms with Gasteiger partial charge in [0.05, 0.1) is 29.9 Å². The fourth-order valence-corrected chi connectivity index (χ4v) is 3.92. The van der Waals surface area contributed by atoms with Crippen molar-refractivity contribution in [3.63, 3.8) is 0 Å². The third-order valence-corrected chi connectivity index (χ3v) is 5.44. The van der Waals surface area contributed by atoms with Crippen LogP contribution in [0.1, 0.15) is 24.7 Å². The van der Waals surface area contributed by atoms with E-state index in [1.807, 2.05) is 22.4 Å². The van der Waals surface area contributed by atoms with Crippen molar-refractivity contribution in [2.24, 2.45) is 5.92 Å². The third-order valence-electron chi connectivity index (χ3n) is 4.57. The number of allylic oxidation sites excluding steroid dienone is 2. The third kappa shape index (κ3) is 3.01. The van der Waals surface area contributed by atoms with Crippen LogP contribution in [0.5, 0.6) is 0 Å². The molecule has 1 saturated heterocycles. The standard InChI is InChI=1S/C17H19N3O3S/c21-17(20-7-9-22-10-8-20)13-5-2-1-4-12(13)16-18-15(19-23-16)14-6-3-11-24-14/h1-3,6,11-13H,4-5,7-10H2. The lowest BCUT2D eigenvalue weighted by atomic mass is 9.81. The van der Waals surface area contributed by atoms with Crippen molar-refractivity contribution in [1.29, 1.82) is 0 Å². The highest BCUT2D eigenvalue weighted by molar-refractivity contribution is 7.13. The summed E-state index contributed by atoms with van der Waals surface area (Å²) in [4.78, 5) is 20.4. The van der Waals surface area contributed by atoms with Crippen LogP contribution in [0.2, 0.25) is 0 Å². The molecule has 1 aliphatic heterocycles. The molecule has 0 radical (unpaired) electrons. The Morgan fingerprint density at radius 3 is 2.88 bits per heavy atom. The molecule has 0 aromatic carbocycles. The van der Waals surface area contributed by atoms with Crippen LogP contribution in [-0.4, -0.2) is 47.3 Å². The lowest BCUT2D eigenvalue weighted by Gasteiger charge is -2.33. The van der Waals surface area contributed by atoms with Gasteiger partial charge in [-0.1, -0.05) is 23.4 Å². The smallest absolute Gasteiger partial charge is 0.231 e. The molecule has 0 bridgehead atoms. The molecule has 2 aliphatic rings. The molecular weight excluding hydrogens is 326 g/mol. The lowest BCUT2D eigenvalue weighted by Crippen LogP contribution is -2.45. The molecule has 2 aromatic heterocycles. The maximum atomic E-state index is 12.9. The minimum Gasteiger partial charge on any atom is -0.378 e. The first kappa shape index (κ1) is 15.5. The predicted octanol–water partition coefficient (Wildman–Crippen LogP) is 2.71. The molecular formula is C17H19N3O3S. The highest BCUT2D eigenvalue weighted by Gasteiger charge is 2.36. The Kier molecular flexibility index (Phi) is 4.44. The Morgan fingerprint density at radius 2 is 2.08 bits per heavy atom. The van der Waals surface area contributed by atoms with Gasteiger partial charge in [0.25, 0.3) is 0 Å². The SMILES string of the molecule is O=C(C1CC=CCC1c1nc(-c2cccs2)no1)N1CCOCC1. The Hall–Kier alpha value is -1.99. The number of ether oxygens (including phenoxy) is 1. The van der Waals surface area contributed by atoms with Crippen molar-refractivity contribution in [2.45, 2.75) is 18.8 Å². The van der Waals surface area contributed by atoms with E-state index in [0.29, 0.717) is 38.0 Å². The highest BCUT2D eigenvalue weighted by Crippen LogP contribution is 2.36. The zero-order valence-electron chi connectivity index (χ0n) is 13.3. The van der Waals surface area contributed by atoms with Gasteiger partial charge in [0.15, 0.2) is 0 Å². The molecule has 3 heterocycles. The maximum absolute atomic E-state index is 12.9. The number of thiophene rings is 1. The van der Waals surface area contributed by atoms with Crippen molar-refractivity contribution in [2.75, 3.05) is 26.3 Å². The van der Waals surface area contributed by atoms with Crippen LogP contribution in [-0.2, 0) is 9.53 Å². The monoisotopic (exact) mass is 345 g/mol. The van der Waals surface area contributed by atoms with Gasteiger partial charge in [-0.15, -0.1) is 11.3 Å². The van der Waals surface area contributed by atoms with Gasteiger partial charge in [-0.25, -0.2) is 0 Å². The van der Waals surface area contributed by atoms with Crippen molar-refractivity contribution in [3.05, 3.63) is 35.6 Å². The van der Waals surface area contributed by atoms with E-state index in [1.54, 1.807) is 11.3 Å². The minimum absolute atomic E-state index is 0.0495. The van der Waals surface area contributed by atoms with Crippen molar-refractivity contribution >= 4 is 17.2 Å². The van der Waals surface area contributed by atoms with E-state index >= 15 is 0 Å². The number of rotatable bonds is 3. The molecule has 4 rings (SSSR count). The summed E-state index contributed by atoms with van der Waals surface area (Å²) in [6, 6.07) is 3.93. The lowest BCUT2D eigenvalue weighted by molar-refractivity contribution is -0.140. The largest absolute Gasteiger partial charge is 0.378 e. The topological polar surface area (TPSA) is 68.5 Å². The number of morpholine rings is 1. The molecule has 1 aliphatic carbocycles. The van der Waals surface area contributed by atoms with Crippen LogP contribution < -0.4 is 0 Å². The van der Waals surface area contributed by atoms with Gasteiger partial charge >= 0.3 is 0 Å². The zero-order valence-corrected chi connectivity index (χ0v) is 14.1. The maximum Gasteiger partial charge on any atom is 0.231 e. The number of carbonyl (C=O) groups excluding carboxylic acids is 1. The average molecular weight is 345 g/mol. The van der Waals surface area contributed by atoms with E-state index in [9.17, 15) is 4.79 Å². The number of carbonyl (C=O) groups is 1. The number of amides is 1. The van der Waals surface area contributed by atoms with Crippen LogP contribution in [0.4, 0.5) is 0 Å². The molecule has 1 fully saturated rings. The first-order chi connectivity index (χ1) is 11.8. The second-order valence-electron chi connectivity index (χ2n) is 6.03. The van der Waals surface area contributed by atoms with Gasteiger partial charge in [-0.05, 0) is 24.3 Å². The second kappa shape index (κ2) is 6.86. The van der Waals surface area contributed by atoms with Crippen LogP contribution >= 0.6 is 11.3 Å². The molecule has 2 aromatic rings. The molecule has 6 nitrogen and oxygen atoms in total. The Bertz CT molecular complexity index is 719. The average Bonchev–Trinajstić information content (AvgIpc) is 3.33. The Labute approximate surface area is 144 Å². The Balaban J connectivity index is 1.56. The zero-order chi connectivity index (χ0) is 16.4. The predicted molar refractivity (Wildman–Crippen MR) is 89.6 cm³/mol. The minimum atomic E-state index is -0.135. The number of aromatic nitrogens is 2. The van der Waals surface area contributed by atoms with Crippen molar-refractivity contribution < 1.29 is 14.1 Å². The number of hydrogen-bond acceptors (Lipinski definition) is 6. The van der Waals surface area contributed by atoms with Gasteiger partial charge in [0.1, 0.15) is 0 Å². The molecule has 7 heteroatoms. The second-order valence-corrected chi connectivity index (χ2v) is 6.97. The van der Waals surface area contributed by atoms with Gasteiger partial charge in [0, 0.05) is 13.1 Å². The Morgan fingerprint density at radius 1 is 1.25 bits per heavy atom. The number of hydrogen-bond donors (Lipinski definition) is 0. The molecule has 24 heavy (non-hydrogen) atoms. The first-order valence-electron chi connectivity index (χ1n) is 8.22. The number of nitrogens with zero attached hydrogens (tertiary/aromatic N) is 3.